The second kappa shape index (κ2) is 7.37. The van der Waals surface area contributed by atoms with Gasteiger partial charge >= 0.3 is 0 Å². The molecule has 2 aromatic rings. The van der Waals surface area contributed by atoms with Crippen LogP contribution in [0.1, 0.15) is 22.0 Å². The molecular formula is C16H22N2O2S2. The van der Waals surface area contributed by atoms with Gasteiger partial charge in [-0.05, 0) is 38.0 Å². The Morgan fingerprint density at radius 1 is 1.23 bits per heavy atom. The van der Waals surface area contributed by atoms with Crippen molar-refractivity contribution in [2.45, 2.75) is 18.7 Å². The first kappa shape index (κ1) is 17.1. The first-order valence-corrected chi connectivity index (χ1v) is 9.63. The Labute approximate surface area is 136 Å². The molecule has 0 fully saturated rings. The second-order valence-electron chi connectivity index (χ2n) is 5.59. The summed E-state index contributed by atoms with van der Waals surface area (Å²) < 4.78 is 27.3. The second-order valence-corrected chi connectivity index (χ2v) is 8.38. The summed E-state index contributed by atoms with van der Waals surface area (Å²) in [6.07, 6.45) is 0. The van der Waals surface area contributed by atoms with Crippen molar-refractivity contribution in [1.29, 1.82) is 0 Å². The van der Waals surface area contributed by atoms with Crippen LogP contribution in [0.5, 0.6) is 0 Å². The highest BCUT2D eigenvalue weighted by Gasteiger charge is 2.19. The minimum absolute atomic E-state index is 0.0132. The van der Waals surface area contributed by atoms with Gasteiger partial charge in [-0.15, -0.1) is 11.3 Å². The van der Waals surface area contributed by atoms with Crippen LogP contribution in [-0.2, 0) is 15.8 Å². The molecule has 120 valence electrons. The maximum atomic E-state index is 12.3. The lowest BCUT2D eigenvalue weighted by molar-refractivity contribution is 0.303. The lowest BCUT2D eigenvalue weighted by Crippen LogP contribution is -2.34. The zero-order chi connectivity index (χ0) is 16.2. The van der Waals surface area contributed by atoms with Crippen LogP contribution in [0.3, 0.4) is 0 Å². The quantitative estimate of drug-likeness (QED) is 0.844. The van der Waals surface area contributed by atoms with Gasteiger partial charge in [0.05, 0.1) is 11.8 Å². The summed E-state index contributed by atoms with van der Waals surface area (Å²) in [7, 11) is 0.572. The van der Waals surface area contributed by atoms with E-state index in [1.165, 1.54) is 0 Å². The highest BCUT2D eigenvalue weighted by Crippen LogP contribution is 2.22. The molecule has 0 spiro atoms. The van der Waals surface area contributed by atoms with Crippen LogP contribution < -0.4 is 4.72 Å². The molecule has 0 bridgehead atoms. The SMILES string of the molecule is Cc1cccc(CS(=O)(=O)NCC(c2cccs2)N(C)C)c1. The maximum absolute atomic E-state index is 12.3. The van der Waals surface area contributed by atoms with Gasteiger partial charge in [-0.1, -0.05) is 35.9 Å². The third kappa shape index (κ3) is 4.91. The summed E-state index contributed by atoms with van der Waals surface area (Å²) in [5.74, 6) is 0.0132. The minimum atomic E-state index is -3.34. The third-order valence-electron chi connectivity index (χ3n) is 3.43. The van der Waals surface area contributed by atoms with E-state index in [1.54, 1.807) is 11.3 Å². The summed E-state index contributed by atoms with van der Waals surface area (Å²) in [5.41, 5.74) is 1.88. The molecule has 0 saturated carbocycles. The van der Waals surface area contributed by atoms with E-state index >= 15 is 0 Å². The topological polar surface area (TPSA) is 49.4 Å². The Bertz CT molecular complexity index is 695. The number of aryl methyl sites for hydroxylation is 1. The molecule has 0 saturated heterocycles. The molecule has 1 heterocycles. The van der Waals surface area contributed by atoms with Crippen LogP contribution in [0.2, 0.25) is 0 Å². The molecule has 6 heteroatoms. The minimum Gasteiger partial charge on any atom is -0.300 e. The van der Waals surface area contributed by atoms with Gasteiger partial charge in [-0.2, -0.15) is 0 Å². The number of hydrogen-bond donors (Lipinski definition) is 1. The molecule has 0 aliphatic carbocycles. The van der Waals surface area contributed by atoms with E-state index in [-0.39, 0.29) is 11.8 Å². The highest BCUT2D eigenvalue weighted by atomic mass is 32.2. The zero-order valence-corrected chi connectivity index (χ0v) is 14.7. The molecule has 0 aliphatic heterocycles. The molecule has 1 aromatic heterocycles. The van der Waals surface area contributed by atoms with Crippen molar-refractivity contribution < 1.29 is 8.42 Å². The van der Waals surface area contributed by atoms with E-state index in [0.29, 0.717) is 6.54 Å². The number of nitrogens with one attached hydrogen (secondary N) is 1. The Hall–Kier alpha value is -1.21. The summed E-state index contributed by atoms with van der Waals surface area (Å²) in [6.45, 7) is 2.34. The first-order valence-electron chi connectivity index (χ1n) is 7.10. The average molecular weight is 338 g/mol. The molecule has 0 aliphatic rings. The summed E-state index contributed by atoms with van der Waals surface area (Å²) >= 11 is 1.64. The number of rotatable bonds is 7. The molecule has 22 heavy (non-hydrogen) atoms. The van der Waals surface area contributed by atoms with Crippen molar-refractivity contribution in [3.8, 4) is 0 Å². The molecular weight excluding hydrogens is 316 g/mol. The summed E-state index contributed by atoms with van der Waals surface area (Å²) in [5, 5.41) is 2.01. The molecule has 0 amide bonds. The van der Waals surface area contributed by atoms with Crippen molar-refractivity contribution in [2.75, 3.05) is 20.6 Å². The first-order chi connectivity index (χ1) is 10.4. The van der Waals surface area contributed by atoms with E-state index in [4.69, 9.17) is 0 Å². The number of thiophene rings is 1. The van der Waals surface area contributed by atoms with Gasteiger partial charge in [0.15, 0.2) is 0 Å². The summed E-state index contributed by atoms with van der Waals surface area (Å²) in [4.78, 5) is 3.18. The van der Waals surface area contributed by atoms with Gasteiger partial charge in [-0.25, -0.2) is 13.1 Å². The third-order valence-corrected chi connectivity index (χ3v) is 5.72. The van der Waals surface area contributed by atoms with E-state index in [0.717, 1.165) is 16.0 Å². The number of hydrogen-bond acceptors (Lipinski definition) is 4. The van der Waals surface area contributed by atoms with Crippen molar-refractivity contribution in [1.82, 2.24) is 9.62 Å². The van der Waals surface area contributed by atoms with Crippen LogP contribution in [0.4, 0.5) is 0 Å². The fourth-order valence-corrected chi connectivity index (χ4v) is 4.35. The van der Waals surface area contributed by atoms with Gasteiger partial charge in [0.2, 0.25) is 10.0 Å². The Morgan fingerprint density at radius 2 is 2.00 bits per heavy atom. The zero-order valence-electron chi connectivity index (χ0n) is 13.1. The van der Waals surface area contributed by atoms with E-state index in [2.05, 4.69) is 4.72 Å². The van der Waals surface area contributed by atoms with Crippen molar-refractivity contribution in [2.24, 2.45) is 0 Å². The van der Waals surface area contributed by atoms with Crippen LogP contribution in [-0.4, -0.2) is 34.0 Å². The fourth-order valence-electron chi connectivity index (χ4n) is 2.30. The monoisotopic (exact) mass is 338 g/mol. The van der Waals surface area contributed by atoms with E-state index in [9.17, 15) is 8.42 Å². The number of nitrogens with zero attached hydrogens (tertiary/aromatic N) is 1. The van der Waals surface area contributed by atoms with Crippen LogP contribution >= 0.6 is 11.3 Å². The largest absolute Gasteiger partial charge is 0.300 e. The molecule has 0 radical (unpaired) electrons. The lowest BCUT2D eigenvalue weighted by Gasteiger charge is -2.23. The number of sulfonamides is 1. The van der Waals surface area contributed by atoms with Crippen LogP contribution in [0.15, 0.2) is 41.8 Å². The Balaban J connectivity index is 2.02. The smallest absolute Gasteiger partial charge is 0.215 e. The molecule has 1 unspecified atom stereocenters. The predicted octanol–water partition coefficient (Wildman–Crippen LogP) is 2.78. The van der Waals surface area contributed by atoms with E-state index < -0.39 is 10.0 Å². The van der Waals surface area contributed by atoms with Crippen molar-refractivity contribution in [3.05, 3.63) is 57.8 Å². The normalized spacial score (nSPS) is 13.5. The maximum Gasteiger partial charge on any atom is 0.215 e. The fraction of sp³-hybridized carbons (Fsp3) is 0.375. The van der Waals surface area contributed by atoms with Crippen LogP contribution in [0.25, 0.3) is 0 Å². The number of likely N-dealkylation sites (N-methyl/N-ethyl adjacent to an activating group) is 1. The molecule has 1 atom stereocenters. The van der Waals surface area contributed by atoms with Gasteiger partial charge in [0.25, 0.3) is 0 Å². The van der Waals surface area contributed by atoms with Gasteiger partial charge in [-0.3, -0.25) is 0 Å². The summed E-state index contributed by atoms with van der Waals surface area (Å²) in [6, 6.07) is 11.7. The van der Waals surface area contributed by atoms with Gasteiger partial charge in [0, 0.05) is 11.4 Å². The number of benzene rings is 1. The molecule has 2 rings (SSSR count). The molecule has 4 nitrogen and oxygen atoms in total. The van der Waals surface area contributed by atoms with Crippen LogP contribution in [0, 0.1) is 6.92 Å². The molecule has 1 N–H and O–H groups in total. The van der Waals surface area contributed by atoms with Gasteiger partial charge < -0.3 is 4.90 Å². The Kier molecular flexibility index (Phi) is 5.74. The average Bonchev–Trinajstić information content (AvgIpc) is 2.91. The lowest BCUT2D eigenvalue weighted by atomic mass is 10.2. The standard InChI is InChI=1S/C16H22N2O2S2/c1-13-6-4-7-14(10-13)12-22(19,20)17-11-15(18(2)3)16-8-5-9-21-16/h4-10,15,17H,11-12H2,1-3H3. The van der Waals surface area contributed by atoms with Crippen molar-refractivity contribution in [3.63, 3.8) is 0 Å². The van der Waals surface area contributed by atoms with Crippen molar-refractivity contribution >= 4 is 21.4 Å². The predicted molar refractivity (Wildman–Crippen MR) is 92.6 cm³/mol. The molecule has 1 aromatic carbocycles. The van der Waals surface area contributed by atoms with Gasteiger partial charge in [0.1, 0.15) is 0 Å². The highest BCUT2D eigenvalue weighted by molar-refractivity contribution is 7.88. The Morgan fingerprint density at radius 3 is 2.59 bits per heavy atom. The van der Waals surface area contributed by atoms with E-state index in [1.807, 2.05) is 67.7 Å².